The van der Waals surface area contributed by atoms with Crippen molar-refractivity contribution in [2.24, 2.45) is 0 Å². The molecule has 0 bridgehead atoms. The molecule has 2 amide bonds. The van der Waals surface area contributed by atoms with Gasteiger partial charge in [0, 0.05) is 18.1 Å². The Bertz CT molecular complexity index is 1380. The van der Waals surface area contributed by atoms with E-state index in [0.717, 1.165) is 11.1 Å². The predicted octanol–water partition coefficient (Wildman–Crippen LogP) is 6.47. The standard InChI is InChI=1S/C31H28Cl2N2O4/c1-38-26-17-13-23(14-18-26)20-35(29(36)21-39-28-10-6-5-9-27(28)33)30(24-7-3-2-4-8-24)31(37)34-19-22-11-15-25(32)16-12-22/h2-18,30H,19-21H2,1H3,(H,34,37). The second-order valence-electron chi connectivity index (χ2n) is 8.75. The minimum absolute atomic E-state index is 0.169. The van der Waals surface area contributed by atoms with Gasteiger partial charge in [-0.1, -0.05) is 89.9 Å². The summed E-state index contributed by atoms with van der Waals surface area (Å²) in [5, 5.41) is 3.99. The van der Waals surface area contributed by atoms with Crippen LogP contribution >= 0.6 is 23.2 Å². The number of halogens is 2. The average Bonchev–Trinajstić information content (AvgIpc) is 2.97. The van der Waals surface area contributed by atoms with E-state index in [9.17, 15) is 9.59 Å². The molecule has 0 aliphatic carbocycles. The summed E-state index contributed by atoms with van der Waals surface area (Å²) in [7, 11) is 1.59. The van der Waals surface area contributed by atoms with Gasteiger partial charge in [0.1, 0.15) is 17.5 Å². The van der Waals surface area contributed by atoms with Crippen molar-refractivity contribution in [3.05, 3.63) is 130 Å². The van der Waals surface area contributed by atoms with Gasteiger partial charge in [-0.05, 0) is 53.1 Å². The van der Waals surface area contributed by atoms with Crippen LogP contribution < -0.4 is 14.8 Å². The highest BCUT2D eigenvalue weighted by molar-refractivity contribution is 6.32. The molecule has 1 N–H and O–H groups in total. The second-order valence-corrected chi connectivity index (χ2v) is 9.59. The molecule has 4 aromatic carbocycles. The first-order valence-corrected chi connectivity index (χ1v) is 13.1. The molecule has 0 aliphatic rings. The van der Waals surface area contributed by atoms with Crippen LogP contribution in [0.1, 0.15) is 22.7 Å². The van der Waals surface area contributed by atoms with Crippen molar-refractivity contribution in [1.82, 2.24) is 10.2 Å². The lowest BCUT2D eigenvalue weighted by molar-refractivity contribution is -0.143. The molecule has 0 fully saturated rings. The van der Waals surface area contributed by atoms with Crippen LogP contribution in [0.3, 0.4) is 0 Å². The zero-order chi connectivity index (χ0) is 27.6. The van der Waals surface area contributed by atoms with Crippen molar-refractivity contribution in [1.29, 1.82) is 0 Å². The fraction of sp³-hybridized carbons (Fsp3) is 0.161. The lowest BCUT2D eigenvalue weighted by Crippen LogP contribution is -2.45. The summed E-state index contributed by atoms with van der Waals surface area (Å²) in [6.45, 7) is 0.149. The molecule has 1 unspecified atom stereocenters. The molecular formula is C31H28Cl2N2O4. The van der Waals surface area contributed by atoms with Crippen LogP contribution in [0, 0.1) is 0 Å². The van der Waals surface area contributed by atoms with Gasteiger partial charge in [-0.15, -0.1) is 0 Å². The van der Waals surface area contributed by atoms with E-state index in [-0.39, 0.29) is 31.5 Å². The Morgan fingerprint density at radius 2 is 1.46 bits per heavy atom. The van der Waals surface area contributed by atoms with E-state index in [1.54, 1.807) is 43.5 Å². The number of carbonyl (C=O) groups excluding carboxylic acids is 2. The first kappa shape index (κ1) is 28.0. The fourth-order valence-electron chi connectivity index (χ4n) is 4.03. The third-order valence-corrected chi connectivity index (χ3v) is 6.64. The molecule has 6 nitrogen and oxygen atoms in total. The normalized spacial score (nSPS) is 11.4. The van der Waals surface area contributed by atoms with Gasteiger partial charge < -0.3 is 19.7 Å². The summed E-state index contributed by atoms with van der Waals surface area (Å²) >= 11 is 12.2. The predicted molar refractivity (Wildman–Crippen MR) is 153 cm³/mol. The molecule has 200 valence electrons. The number of nitrogens with zero attached hydrogens (tertiary/aromatic N) is 1. The molecule has 39 heavy (non-hydrogen) atoms. The molecule has 0 spiro atoms. The maximum atomic E-state index is 13.7. The lowest BCUT2D eigenvalue weighted by Gasteiger charge is -2.31. The van der Waals surface area contributed by atoms with Crippen LogP contribution in [0.2, 0.25) is 10.0 Å². The quantitative estimate of drug-likeness (QED) is 0.227. The highest BCUT2D eigenvalue weighted by atomic mass is 35.5. The van der Waals surface area contributed by atoms with Crippen LogP contribution in [0.4, 0.5) is 0 Å². The molecule has 0 saturated heterocycles. The number of ether oxygens (including phenoxy) is 2. The fourth-order valence-corrected chi connectivity index (χ4v) is 4.35. The van der Waals surface area contributed by atoms with Crippen LogP contribution in [-0.4, -0.2) is 30.4 Å². The van der Waals surface area contributed by atoms with Crippen LogP contribution in [-0.2, 0) is 22.7 Å². The molecular weight excluding hydrogens is 535 g/mol. The minimum atomic E-state index is -0.914. The van der Waals surface area contributed by atoms with Crippen molar-refractivity contribution in [3.63, 3.8) is 0 Å². The number of nitrogens with one attached hydrogen (secondary N) is 1. The average molecular weight is 563 g/mol. The highest BCUT2D eigenvalue weighted by Crippen LogP contribution is 2.27. The highest BCUT2D eigenvalue weighted by Gasteiger charge is 2.32. The summed E-state index contributed by atoms with van der Waals surface area (Å²) in [5.41, 5.74) is 2.38. The van der Waals surface area contributed by atoms with Gasteiger partial charge in [0.05, 0.1) is 12.1 Å². The molecule has 0 aromatic heterocycles. The summed E-state index contributed by atoms with van der Waals surface area (Å²) in [6.07, 6.45) is 0. The van der Waals surface area contributed by atoms with Crippen molar-refractivity contribution < 1.29 is 19.1 Å². The van der Waals surface area contributed by atoms with Gasteiger partial charge in [-0.3, -0.25) is 9.59 Å². The molecule has 4 aromatic rings. The maximum absolute atomic E-state index is 13.7. The van der Waals surface area contributed by atoms with Gasteiger partial charge >= 0.3 is 0 Å². The summed E-state index contributed by atoms with van der Waals surface area (Å²) in [5.74, 6) is 0.386. The monoisotopic (exact) mass is 562 g/mol. The zero-order valence-electron chi connectivity index (χ0n) is 21.3. The van der Waals surface area contributed by atoms with E-state index in [1.807, 2.05) is 66.7 Å². The number of methoxy groups -OCH3 is 1. The number of rotatable bonds is 11. The number of amides is 2. The van der Waals surface area contributed by atoms with E-state index in [0.29, 0.717) is 27.1 Å². The SMILES string of the molecule is COc1ccc(CN(C(=O)COc2ccccc2Cl)C(C(=O)NCc2ccc(Cl)cc2)c2ccccc2)cc1. The number of hydrogen-bond donors (Lipinski definition) is 1. The third-order valence-electron chi connectivity index (χ3n) is 6.08. The van der Waals surface area contributed by atoms with Crippen molar-refractivity contribution in [2.45, 2.75) is 19.1 Å². The van der Waals surface area contributed by atoms with Gasteiger partial charge in [0.25, 0.3) is 5.91 Å². The number of hydrogen-bond acceptors (Lipinski definition) is 4. The van der Waals surface area contributed by atoms with E-state index < -0.39 is 6.04 Å². The largest absolute Gasteiger partial charge is 0.497 e. The lowest BCUT2D eigenvalue weighted by atomic mass is 10.0. The summed E-state index contributed by atoms with van der Waals surface area (Å²) < 4.78 is 11.0. The number of para-hydroxylation sites is 1. The smallest absolute Gasteiger partial charge is 0.261 e. The summed E-state index contributed by atoms with van der Waals surface area (Å²) in [4.78, 5) is 29.0. The summed E-state index contributed by atoms with van der Waals surface area (Å²) in [6, 6.07) is 29.8. The van der Waals surface area contributed by atoms with Gasteiger partial charge in [0.2, 0.25) is 5.91 Å². The van der Waals surface area contributed by atoms with E-state index >= 15 is 0 Å². The van der Waals surface area contributed by atoms with E-state index in [1.165, 1.54) is 4.90 Å². The molecule has 0 aliphatic heterocycles. The Morgan fingerprint density at radius 3 is 2.13 bits per heavy atom. The van der Waals surface area contributed by atoms with Gasteiger partial charge in [-0.2, -0.15) is 0 Å². The van der Waals surface area contributed by atoms with Crippen molar-refractivity contribution in [2.75, 3.05) is 13.7 Å². The first-order valence-electron chi connectivity index (χ1n) is 12.3. The van der Waals surface area contributed by atoms with Crippen molar-refractivity contribution in [3.8, 4) is 11.5 Å². The molecule has 1 atom stereocenters. The molecule has 4 rings (SSSR count). The Hall–Kier alpha value is -4.00. The zero-order valence-corrected chi connectivity index (χ0v) is 22.9. The topological polar surface area (TPSA) is 67.9 Å². The van der Waals surface area contributed by atoms with Crippen LogP contribution in [0.25, 0.3) is 0 Å². The molecule has 0 saturated carbocycles. The Morgan fingerprint density at radius 1 is 0.821 bits per heavy atom. The minimum Gasteiger partial charge on any atom is -0.497 e. The second kappa shape index (κ2) is 13.7. The maximum Gasteiger partial charge on any atom is 0.261 e. The molecule has 8 heteroatoms. The van der Waals surface area contributed by atoms with Crippen LogP contribution in [0.15, 0.2) is 103 Å². The number of carbonyl (C=O) groups is 2. The molecule has 0 heterocycles. The van der Waals surface area contributed by atoms with Crippen molar-refractivity contribution >= 4 is 35.0 Å². The Kier molecular flexibility index (Phi) is 9.84. The Balaban J connectivity index is 1.63. The number of benzene rings is 4. The van der Waals surface area contributed by atoms with Crippen LogP contribution in [0.5, 0.6) is 11.5 Å². The molecule has 0 radical (unpaired) electrons. The third kappa shape index (κ3) is 7.76. The van der Waals surface area contributed by atoms with Gasteiger partial charge in [0.15, 0.2) is 6.61 Å². The first-order chi connectivity index (χ1) is 18.9. The van der Waals surface area contributed by atoms with E-state index in [4.69, 9.17) is 32.7 Å². The van der Waals surface area contributed by atoms with Gasteiger partial charge in [-0.25, -0.2) is 0 Å². The van der Waals surface area contributed by atoms with E-state index in [2.05, 4.69) is 5.32 Å². The Labute approximate surface area is 238 Å².